The van der Waals surface area contributed by atoms with E-state index in [0.717, 1.165) is 37.2 Å². The number of amides is 1. The summed E-state index contributed by atoms with van der Waals surface area (Å²) in [7, 11) is 0. The van der Waals surface area contributed by atoms with Crippen molar-refractivity contribution in [2.75, 3.05) is 31.6 Å². The molecule has 110 valence electrons. The van der Waals surface area contributed by atoms with Crippen LogP contribution in [0.2, 0.25) is 0 Å². The van der Waals surface area contributed by atoms with Crippen LogP contribution in [0.25, 0.3) is 0 Å². The molecule has 1 heterocycles. The highest BCUT2D eigenvalue weighted by Gasteiger charge is 2.23. The Morgan fingerprint density at radius 1 is 1.55 bits per heavy atom. The number of aliphatic hydroxyl groups excluding tert-OH is 1. The summed E-state index contributed by atoms with van der Waals surface area (Å²) in [4.78, 5) is 14.2. The number of likely N-dealkylation sites (tertiary alicyclic amines) is 1. The van der Waals surface area contributed by atoms with Gasteiger partial charge in [0, 0.05) is 22.4 Å². The van der Waals surface area contributed by atoms with Crippen molar-refractivity contribution in [2.24, 2.45) is 5.92 Å². The number of carbonyl (C=O) groups excluding carboxylic acids is 1. The molecule has 20 heavy (non-hydrogen) atoms. The van der Waals surface area contributed by atoms with Crippen LogP contribution < -0.4 is 5.32 Å². The van der Waals surface area contributed by atoms with Gasteiger partial charge in [0.1, 0.15) is 0 Å². The largest absolute Gasteiger partial charge is 0.396 e. The lowest BCUT2D eigenvalue weighted by Crippen LogP contribution is -2.31. The van der Waals surface area contributed by atoms with E-state index < -0.39 is 0 Å². The number of hydrogen-bond acceptors (Lipinski definition) is 3. The standard InChI is InChI=1S/C15H21IN2O2/c1-11-8-13(16)2-3-14(11)17-15(20)10-18-6-4-12(9-18)5-7-19/h2-3,8,12,19H,4-7,9-10H2,1H3,(H,17,20). The first-order chi connectivity index (χ1) is 9.58. The highest BCUT2D eigenvalue weighted by Crippen LogP contribution is 2.20. The molecule has 5 heteroatoms. The van der Waals surface area contributed by atoms with E-state index in [0.29, 0.717) is 12.5 Å². The molecule has 0 radical (unpaired) electrons. The van der Waals surface area contributed by atoms with Gasteiger partial charge in [0.25, 0.3) is 0 Å². The van der Waals surface area contributed by atoms with Crippen molar-refractivity contribution in [2.45, 2.75) is 19.8 Å². The summed E-state index contributed by atoms with van der Waals surface area (Å²) in [5.74, 6) is 0.576. The Labute approximate surface area is 133 Å². The molecule has 1 saturated heterocycles. The Hall–Kier alpha value is -0.660. The third-order valence-electron chi connectivity index (χ3n) is 3.74. The average Bonchev–Trinajstić information content (AvgIpc) is 2.81. The Morgan fingerprint density at radius 3 is 3.05 bits per heavy atom. The Balaban J connectivity index is 1.84. The summed E-state index contributed by atoms with van der Waals surface area (Å²) in [6, 6.07) is 6.01. The van der Waals surface area contributed by atoms with Crippen LogP contribution in [0.15, 0.2) is 18.2 Å². The minimum absolute atomic E-state index is 0.0407. The van der Waals surface area contributed by atoms with Crippen molar-refractivity contribution < 1.29 is 9.90 Å². The van der Waals surface area contributed by atoms with E-state index in [-0.39, 0.29) is 12.5 Å². The number of halogens is 1. The zero-order valence-electron chi connectivity index (χ0n) is 11.7. The number of nitrogens with zero attached hydrogens (tertiary/aromatic N) is 1. The predicted molar refractivity (Wildman–Crippen MR) is 88.8 cm³/mol. The topological polar surface area (TPSA) is 52.6 Å². The smallest absolute Gasteiger partial charge is 0.238 e. The number of carbonyl (C=O) groups is 1. The molecule has 2 rings (SSSR count). The minimum atomic E-state index is 0.0407. The molecule has 1 aliphatic rings. The number of rotatable bonds is 5. The van der Waals surface area contributed by atoms with Gasteiger partial charge in [-0.05, 0) is 78.6 Å². The fourth-order valence-corrected chi connectivity index (χ4v) is 3.28. The van der Waals surface area contributed by atoms with E-state index in [2.05, 4.69) is 38.9 Å². The molecule has 1 amide bonds. The van der Waals surface area contributed by atoms with Crippen molar-refractivity contribution in [1.82, 2.24) is 4.90 Å². The maximum atomic E-state index is 12.1. The first kappa shape index (κ1) is 15.7. The summed E-state index contributed by atoms with van der Waals surface area (Å²) < 4.78 is 1.17. The molecule has 1 fully saturated rings. The Kier molecular flexibility index (Phi) is 5.80. The summed E-state index contributed by atoms with van der Waals surface area (Å²) >= 11 is 2.26. The van der Waals surface area contributed by atoms with E-state index in [9.17, 15) is 4.79 Å². The molecular weight excluding hydrogens is 367 g/mol. The van der Waals surface area contributed by atoms with Crippen LogP contribution in [0.3, 0.4) is 0 Å². The zero-order valence-corrected chi connectivity index (χ0v) is 13.9. The lowest BCUT2D eigenvalue weighted by atomic mass is 10.1. The van der Waals surface area contributed by atoms with Gasteiger partial charge < -0.3 is 10.4 Å². The van der Waals surface area contributed by atoms with Crippen molar-refractivity contribution in [3.63, 3.8) is 0 Å². The Morgan fingerprint density at radius 2 is 2.35 bits per heavy atom. The normalized spacial score (nSPS) is 19.2. The summed E-state index contributed by atoms with van der Waals surface area (Å²) in [5.41, 5.74) is 1.98. The van der Waals surface area contributed by atoms with Gasteiger partial charge in [0.05, 0.1) is 6.54 Å². The number of anilines is 1. The molecule has 1 aromatic rings. The lowest BCUT2D eigenvalue weighted by molar-refractivity contribution is -0.117. The highest BCUT2D eigenvalue weighted by atomic mass is 127. The van der Waals surface area contributed by atoms with Crippen molar-refractivity contribution in [3.8, 4) is 0 Å². The number of benzene rings is 1. The minimum Gasteiger partial charge on any atom is -0.396 e. The van der Waals surface area contributed by atoms with Crippen LogP contribution in [0.1, 0.15) is 18.4 Å². The van der Waals surface area contributed by atoms with E-state index >= 15 is 0 Å². The maximum absolute atomic E-state index is 12.1. The quantitative estimate of drug-likeness (QED) is 0.761. The molecule has 0 saturated carbocycles. The van der Waals surface area contributed by atoms with Gasteiger partial charge in [-0.3, -0.25) is 9.69 Å². The molecule has 0 aliphatic carbocycles. The molecular formula is C15H21IN2O2. The first-order valence-corrected chi connectivity index (χ1v) is 8.05. The van der Waals surface area contributed by atoms with Gasteiger partial charge >= 0.3 is 0 Å². The summed E-state index contributed by atoms with van der Waals surface area (Å²) in [6.07, 6.45) is 1.92. The van der Waals surface area contributed by atoms with E-state index in [1.807, 2.05) is 19.1 Å². The Bertz CT molecular complexity index is 479. The number of aliphatic hydroxyl groups is 1. The molecule has 1 atom stereocenters. The van der Waals surface area contributed by atoms with Gasteiger partial charge in [0.2, 0.25) is 5.91 Å². The number of aryl methyl sites for hydroxylation is 1. The second-order valence-electron chi connectivity index (χ2n) is 5.41. The van der Waals surface area contributed by atoms with Crippen LogP contribution in [0, 0.1) is 16.4 Å². The first-order valence-electron chi connectivity index (χ1n) is 6.97. The van der Waals surface area contributed by atoms with Crippen LogP contribution in [0.4, 0.5) is 5.69 Å². The van der Waals surface area contributed by atoms with Crippen LogP contribution in [-0.4, -0.2) is 42.2 Å². The van der Waals surface area contributed by atoms with Crippen molar-refractivity contribution in [3.05, 3.63) is 27.3 Å². The second kappa shape index (κ2) is 7.38. The van der Waals surface area contributed by atoms with Crippen molar-refractivity contribution in [1.29, 1.82) is 0 Å². The molecule has 4 nitrogen and oxygen atoms in total. The van der Waals surface area contributed by atoms with E-state index in [1.165, 1.54) is 3.57 Å². The third-order valence-corrected chi connectivity index (χ3v) is 4.41. The number of nitrogens with one attached hydrogen (secondary N) is 1. The van der Waals surface area contributed by atoms with E-state index in [1.54, 1.807) is 0 Å². The van der Waals surface area contributed by atoms with Gasteiger partial charge in [-0.25, -0.2) is 0 Å². The molecule has 0 aromatic heterocycles. The maximum Gasteiger partial charge on any atom is 0.238 e. The van der Waals surface area contributed by atoms with Gasteiger partial charge in [0.15, 0.2) is 0 Å². The lowest BCUT2D eigenvalue weighted by Gasteiger charge is -2.16. The monoisotopic (exact) mass is 388 g/mol. The summed E-state index contributed by atoms with van der Waals surface area (Å²) in [6.45, 7) is 4.55. The van der Waals surface area contributed by atoms with Gasteiger partial charge in [-0.15, -0.1) is 0 Å². The predicted octanol–water partition coefficient (Wildman–Crippen LogP) is 2.24. The van der Waals surface area contributed by atoms with Crippen molar-refractivity contribution >= 4 is 34.2 Å². The molecule has 1 unspecified atom stereocenters. The average molecular weight is 388 g/mol. The van der Waals surface area contributed by atoms with Crippen LogP contribution in [0.5, 0.6) is 0 Å². The molecule has 1 aromatic carbocycles. The van der Waals surface area contributed by atoms with E-state index in [4.69, 9.17) is 5.11 Å². The molecule has 1 aliphatic heterocycles. The molecule has 0 spiro atoms. The fourth-order valence-electron chi connectivity index (χ4n) is 2.63. The molecule has 2 N–H and O–H groups in total. The second-order valence-corrected chi connectivity index (χ2v) is 6.66. The SMILES string of the molecule is Cc1cc(I)ccc1NC(=O)CN1CCC(CCO)C1. The van der Waals surface area contributed by atoms with Crippen LogP contribution >= 0.6 is 22.6 Å². The van der Waals surface area contributed by atoms with Gasteiger partial charge in [-0.2, -0.15) is 0 Å². The van der Waals surface area contributed by atoms with Gasteiger partial charge in [-0.1, -0.05) is 0 Å². The highest BCUT2D eigenvalue weighted by molar-refractivity contribution is 14.1. The number of hydrogen-bond donors (Lipinski definition) is 2. The zero-order chi connectivity index (χ0) is 14.5. The summed E-state index contributed by atoms with van der Waals surface area (Å²) in [5, 5.41) is 11.9. The molecule has 0 bridgehead atoms. The third kappa shape index (κ3) is 4.43. The van der Waals surface area contributed by atoms with Crippen LogP contribution in [-0.2, 0) is 4.79 Å². The fraction of sp³-hybridized carbons (Fsp3) is 0.533.